The number of aryl methyl sites for hydroxylation is 1. The molecule has 0 aliphatic carbocycles. The maximum Gasteiger partial charge on any atom is 0.261 e. The Bertz CT molecular complexity index is 1710. The average Bonchev–Trinajstić information content (AvgIpc) is 3.68. The summed E-state index contributed by atoms with van der Waals surface area (Å²) in [4.78, 5) is 38.2. The van der Waals surface area contributed by atoms with E-state index in [-0.39, 0.29) is 35.8 Å². The molecule has 3 aromatic carbocycles. The summed E-state index contributed by atoms with van der Waals surface area (Å²) >= 11 is 0. The van der Waals surface area contributed by atoms with Gasteiger partial charge in [0, 0.05) is 52.4 Å². The fraction of sp³-hybridized carbons (Fsp3) is 0.333. The third-order valence-electron chi connectivity index (χ3n) is 9.11. The Morgan fingerprint density at radius 1 is 1.16 bits per heavy atom. The number of hydrogen-bond donors (Lipinski definition) is 5. The van der Waals surface area contributed by atoms with Gasteiger partial charge in [-0.1, -0.05) is 42.5 Å². The van der Waals surface area contributed by atoms with Gasteiger partial charge in [0.2, 0.25) is 0 Å². The van der Waals surface area contributed by atoms with Gasteiger partial charge < -0.3 is 31.0 Å². The monoisotopic (exact) mass is 626 g/mol. The Morgan fingerprint density at radius 3 is 2.58 bits per heavy atom. The van der Waals surface area contributed by atoms with Crippen molar-refractivity contribution < 1.29 is 24.2 Å². The molecule has 2 aliphatic rings. The summed E-state index contributed by atoms with van der Waals surface area (Å²) in [6.45, 7) is 6.06. The summed E-state index contributed by atoms with van der Waals surface area (Å²) < 4.78 is 8.48. The number of aliphatic hydroxyl groups is 1. The fourth-order valence-corrected chi connectivity index (χ4v) is 9.58. The number of hydrogen-bond acceptors (Lipinski definition) is 8. The molecule has 5 atom stereocenters. The number of fused-ring (bicyclic) bond motifs is 2. The molecule has 0 radical (unpaired) electrons. The molecule has 4 aromatic rings. The Labute approximate surface area is 262 Å². The van der Waals surface area contributed by atoms with Crippen LogP contribution in [0.4, 0.5) is 17.1 Å². The van der Waals surface area contributed by atoms with Crippen molar-refractivity contribution in [2.24, 2.45) is 5.92 Å². The lowest BCUT2D eigenvalue weighted by atomic mass is 9.82. The van der Waals surface area contributed by atoms with Crippen LogP contribution in [-0.4, -0.2) is 57.7 Å². The summed E-state index contributed by atoms with van der Waals surface area (Å²) in [7, 11) is -2.85. The Morgan fingerprint density at radius 2 is 1.89 bits per heavy atom. The number of aliphatic hydroxyl groups excluding tert-OH is 1. The van der Waals surface area contributed by atoms with Gasteiger partial charge in [-0.3, -0.25) is 14.3 Å². The van der Waals surface area contributed by atoms with Crippen molar-refractivity contribution in [3.63, 3.8) is 0 Å². The van der Waals surface area contributed by atoms with E-state index in [4.69, 9.17) is 10.5 Å². The third kappa shape index (κ3) is 5.66. The number of nitrogens with two attached hydrogens (primary N) is 1. The normalized spacial score (nSPS) is 23.1. The summed E-state index contributed by atoms with van der Waals surface area (Å²) in [5, 5.41) is 24.6. The molecule has 1 aromatic heterocycles. The number of carbonyl (C=O) groups is 2. The van der Waals surface area contributed by atoms with Crippen LogP contribution in [0.15, 0.2) is 79.0 Å². The summed E-state index contributed by atoms with van der Waals surface area (Å²) in [5.74, 6) is -1.23. The molecule has 6 N–H and O–H groups in total. The summed E-state index contributed by atoms with van der Waals surface area (Å²) in [5.41, 5.74) is 8.57. The lowest BCUT2D eigenvalue weighted by molar-refractivity contribution is -0.143. The molecule has 6 rings (SSSR count). The topological polar surface area (TPSA) is 165 Å². The van der Waals surface area contributed by atoms with Gasteiger partial charge in [0.05, 0.1) is 24.3 Å². The molecule has 3 heterocycles. The Balaban J connectivity index is 1.25. The van der Waals surface area contributed by atoms with Gasteiger partial charge in [0.25, 0.3) is 11.8 Å². The van der Waals surface area contributed by atoms with Crippen LogP contribution in [0.3, 0.4) is 0 Å². The van der Waals surface area contributed by atoms with Crippen LogP contribution in [0.2, 0.25) is 18.6 Å². The van der Waals surface area contributed by atoms with E-state index in [1.165, 1.54) is 0 Å². The summed E-state index contributed by atoms with van der Waals surface area (Å²) in [6.07, 6.45) is 1.88. The minimum Gasteiger partial charge on any atom is -0.432 e. The Hall–Kier alpha value is -4.36. The number of anilines is 3. The first-order valence-electron chi connectivity index (χ1n) is 15.1. The first kappa shape index (κ1) is 30.7. The predicted molar refractivity (Wildman–Crippen MR) is 173 cm³/mol. The second kappa shape index (κ2) is 11.9. The molecule has 0 bridgehead atoms. The second-order valence-electron chi connectivity index (χ2n) is 12.5. The van der Waals surface area contributed by atoms with Crippen LogP contribution in [0, 0.1) is 5.92 Å². The van der Waals surface area contributed by atoms with Gasteiger partial charge in [-0.25, -0.2) is 0 Å². The Kier molecular flexibility index (Phi) is 8.08. The van der Waals surface area contributed by atoms with Gasteiger partial charge in [0.15, 0.2) is 13.9 Å². The van der Waals surface area contributed by atoms with E-state index in [1.54, 1.807) is 47.1 Å². The number of carbonyl (C=O) groups excluding carboxylic acids is 2. The molecule has 2 amide bonds. The maximum absolute atomic E-state index is 13.7. The van der Waals surface area contributed by atoms with E-state index in [0.29, 0.717) is 46.8 Å². The lowest BCUT2D eigenvalue weighted by Crippen LogP contribution is -2.43. The van der Waals surface area contributed by atoms with Crippen LogP contribution in [0.25, 0.3) is 0 Å². The van der Waals surface area contributed by atoms with Crippen molar-refractivity contribution in [2.75, 3.05) is 23.0 Å². The molecule has 1 fully saturated rings. The van der Waals surface area contributed by atoms with E-state index >= 15 is 0 Å². The highest BCUT2D eigenvalue weighted by molar-refractivity contribution is 6.71. The molecule has 45 heavy (non-hydrogen) atoms. The second-order valence-corrected chi connectivity index (χ2v) is 16.5. The van der Waals surface area contributed by atoms with Gasteiger partial charge in [0.1, 0.15) is 0 Å². The van der Waals surface area contributed by atoms with Crippen molar-refractivity contribution in [2.45, 2.75) is 56.1 Å². The highest BCUT2D eigenvalue weighted by Crippen LogP contribution is 2.58. The largest absolute Gasteiger partial charge is 0.432 e. The molecule has 11 nitrogen and oxygen atoms in total. The standard InChI is InChI=1S/C33H38N6O5Si/c1-20-30(45(2,3)43)29(15-16-39-18-28(37-38-39)25(19-40)21-7-5-4-6-8-21)44-33(20)26-17-24(13-14-27(26)36-32(33)42)35-31(41)22-9-11-23(34)12-10-22/h4-14,17-18,20,25,29-30,40,43H,15-16,19,34H2,1-3H3,(H,35,41)(H,36,42)/t20-,25?,29+,30-,33+/m0/s1. The van der Waals surface area contributed by atoms with Crippen molar-refractivity contribution in [1.29, 1.82) is 0 Å². The highest BCUT2D eigenvalue weighted by atomic mass is 28.4. The molecule has 1 spiro atoms. The highest BCUT2D eigenvalue weighted by Gasteiger charge is 2.64. The van der Waals surface area contributed by atoms with E-state index in [9.17, 15) is 19.5 Å². The van der Waals surface area contributed by atoms with E-state index < -0.39 is 20.0 Å². The fourth-order valence-electron chi connectivity index (χ4n) is 6.98. The number of ether oxygens (including phenoxy) is 1. The average molecular weight is 627 g/mol. The number of nitrogens with zero attached hydrogens (tertiary/aromatic N) is 3. The van der Waals surface area contributed by atoms with Gasteiger partial charge in [-0.2, -0.15) is 0 Å². The van der Waals surface area contributed by atoms with Crippen LogP contribution in [-0.2, 0) is 21.7 Å². The zero-order valence-corrected chi connectivity index (χ0v) is 26.5. The SMILES string of the molecule is C[C@H]1[C@H]([Si](C)(C)O)[C@@H](CCn2cc(C(CO)c3ccccc3)nn2)O[C@]12C(=O)Nc1ccc(NC(=O)c3ccc(N)cc3)cc12. The molecule has 0 saturated carbocycles. The van der Waals surface area contributed by atoms with Crippen LogP contribution < -0.4 is 16.4 Å². The van der Waals surface area contributed by atoms with Crippen molar-refractivity contribution >= 4 is 37.2 Å². The number of nitrogen functional groups attached to an aromatic ring is 1. The van der Waals surface area contributed by atoms with Crippen LogP contribution in [0.5, 0.6) is 0 Å². The van der Waals surface area contributed by atoms with Crippen LogP contribution >= 0.6 is 0 Å². The molecular weight excluding hydrogens is 588 g/mol. The van der Waals surface area contributed by atoms with E-state index in [1.807, 2.05) is 56.5 Å². The number of aromatic nitrogens is 3. The maximum atomic E-state index is 13.7. The number of amides is 2. The molecule has 12 heteroatoms. The van der Waals surface area contributed by atoms with Gasteiger partial charge in [-0.15, -0.1) is 5.10 Å². The molecule has 2 aliphatic heterocycles. The summed E-state index contributed by atoms with van der Waals surface area (Å²) in [6, 6.07) is 21.6. The first-order valence-corrected chi connectivity index (χ1v) is 18.1. The minimum atomic E-state index is -2.85. The van der Waals surface area contributed by atoms with E-state index in [0.717, 1.165) is 5.56 Å². The van der Waals surface area contributed by atoms with Crippen molar-refractivity contribution in [3.8, 4) is 0 Å². The van der Waals surface area contributed by atoms with Crippen molar-refractivity contribution in [1.82, 2.24) is 15.0 Å². The molecular formula is C33H38N6O5Si. The van der Waals surface area contributed by atoms with E-state index in [2.05, 4.69) is 20.9 Å². The molecule has 1 unspecified atom stereocenters. The smallest absolute Gasteiger partial charge is 0.261 e. The first-order chi connectivity index (χ1) is 21.5. The zero-order valence-electron chi connectivity index (χ0n) is 25.5. The number of nitrogens with one attached hydrogen (secondary N) is 2. The van der Waals surface area contributed by atoms with Crippen LogP contribution in [0.1, 0.15) is 46.4 Å². The molecule has 1 saturated heterocycles. The van der Waals surface area contributed by atoms with Crippen molar-refractivity contribution in [3.05, 3.63) is 101 Å². The quantitative estimate of drug-likeness (QED) is 0.137. The third-order valence-corrected chi connectivity index (χ3v) is 11.6. The minimum absolute atomic E-state index is 0.0994. The van der Waals surface area contributed by atoms with Gasteiger partial charge >= 0.3 is 0 Å². The molecule has 234 valence electrons. The number of benzene rings is 3. The lowest BCUT2D eigenvalue weighted by Gasteiger charge is -2.32. The number of rotatable bonds is 9. The zero-order chi connectivity index (χ0) is 31.9. The predicted octanol–water partition coefficient (Wildman–Crippen LogP) is 4.08. The van der Waals surface area contributed by atoms with Gasteiger partial charge in [-0.05, 0) is 67.5 Å².